The highest BCUT2D eigenvalue weighted by Gasteiger charge is 2.25. The number of thiophene rings is 1. The van der Waals surface area contributed by atoms with Crippen molar-refractivity contribution in [1.82, 2.24) is 9.97 Å². The highest BCUT2D eigenvalue weighted by atomic mass is 35.5. The summed E-state index contributed by atoms with van der Waals surface area (Å²) >= 11 is 7.17. The Bertz CT molecular complexity index is 1390. The van der Waals surface area contributed by atoms with E-state index in [1.54, 1.807) is 13.4 Å². The van der Waals surface area contributed by atoms with Gasteiger partial charge in [0.25, 0.3) is 5.91 Å². The number of aromatic nitrogens is 2. The van der Waals surface area contributed by atoms with Crippen LogP contribution in [0.5, 0.6) is 5.75 Å². The second-order valence-corrected chi connectivity index (χ2v) is 9.60. The van der Waals surface area contributed by atoms with Crippen LogP contribution in [0.25, 0.3) is 10.2 Å². The van der Waals surface area contributed by atoms with Crippen LogP contribution in [-0.4, -0.2) is 49.2 Å². The minimum absolute atomic E-state index is 0.0437. The predicted octanol–water partition coefficient (Wildman–Crippen LogP) is 5.38. The lowest BCUT2D eigenvalue weighted by Gasteiger charge is -2.37. The normalized spacial score (nSPS) is 13.8. The van der Waals surface area contributed by atoms with E-state index in [0.29, 0.717) is 10.6 Å². The summed E-state index contributed by atoms with van der Waals surface area (Å²) in [6, 6.07) is 12.2. The molecule has 1 aliphatic rings. The van der Waals surface area contributed by atoms with Gasteiger partial charge in [0.1, 0.15) is 28.5 Å². The zero-order valence-corrected chi connectivity index (χ0v) is 20.8. The van der Waals surface area contributed by atoms with Gasteiger partial charge in [0, 0.05) is 37.6 Å². The molecule has 5 rings (SSSR count). The summed E-state index contributed by atoms with van der Waals surface area (Å²) in [4.78, 5) is 27.9. The summed E-state index contributed by atoms with van der Waals surface area (Å²) in [6.45, 7) is 5.19. The van der Waals surface area contributed by atoms with E-state index < -0.39 is 5.82 Å². The number of benzene rings is 2. The number of anilines is 3. The minimum Gasteiger partial charge on any atom is -0.497 e. The Balaban J connectivity index is 1.36. The molecule has 1 N–H and O–H groups in total. The average Bonchev–Trinajstić information content (AvgIpc) is 3.23. The lowest BCUT2D eigenvalue weighted by molar-refractivity contribution is 0.103. The maximum absolute atomic E-state index is 13.5. The SMILES string of the molecule is COc1ccc(N2CCN(c3ncnc4sc(C(=O)Nc5ccc(F)c(Cl)c5)c(C)c34)CC2)cc1. The molecule has 1 amide bonds. The van der Waals surface area contributed by atoms with Crippen LogP contribution in [0.4, 0.5) is 21.6 Å². The van der Waals surface area contributed by atoms with Crippen molar-refractivity contribution >= 4 is 56.3 Å². The minimum atomic E-state index is -0.533. The van der Waals surface area contributed by atoms with E-state index in [1.165, 1.54) is 29.5 Å². The number of rotatable bonds is 5. The van der Waals surface area contributed by atoms with Crippen molar-refractivity contribution in [2.75, 3.05) is 48.4 Å². The zero-order valence-electron chi connectivity index (χ0n) is 19.2. The first-order valence-corrected chi connectivity index (χ1v) is 12.3. The summed E-state index contributed by atoms with van der Waals surface area (Å²) in [5, 5.41) is 3.65. The number of fused-ring (bicyclic) bond motifs is 1. The van der Waals surface area contributed by atoms with Crippen LogP contribution in [0.1, 0.15) is 15.2 Å². The quantitative estimate of drug-likeness (QED) is 0.388. The fourth-order valence-corrected chi connectivity index (χ4v) is 5.46. The van der Waals surface area contributed by atoms with Gasteiger partial charge < -0.3 is 19.9 Å². The van der Waals surface area contributed by atoms with Gasteiger partial charge >= 0.3 is 0 Å². The van der Waals surface area contributed by atoms with Crippen LogP contribution in [0.3, 0.4) is 0 Å². The summed E-state index contributed by atoms with van der Waals surface area (Å²) in [7, 11) is 1.66. The highest BCUT2D eigenvalue weighted by molar-refractivity contribution is 7.20. The molecule has 0 unspecified atom stereocenters. The number of nitrogens with one attached hydrogen (secondary N) is 1. The number of methoxy groups -OCH3 is 1. The molecule has 7 nitrogen and oxygen atoms in total. The summed E-state index contributed by atoms with van der Waals surface area (Å²) in [5.74, 6) is 0.853. The van der Waals surface area contributed by atoms with Crippen LogP contribution in [0, 0.1) is 12.7 Å². The monoisotopic (exact) mass is 511 g/mol. The van der Waals surface area contributed by atoms with Gasteiger partial charge in [-0.25, -0.2) is 14.4 Å². The van der Waals surface area contributed by atoms with Crippen LogP contribution in [-0.2, 0) is 0 Å². The van der Waals surface area contributed by atoms with Gasteiger partial charge in [0.05, 0.1) is 22.4 Å². The fraction of sp³-hybridized carbons (Fsp3) is 0.240. The van der Waals surface area contributed by atoms with Gasteiger partial charge in [0.2, 0.25) is 0 Å². The van der Waals surface area contributed by atoms with Gasteiger partial charge in [-0.05, 0) is 55.0 Å². The van der Waals surface area contributed by atoms with Crippen molar-refractivity contribution in [2.24, 2.45) is 0 Å². The topological polar surface area (TPSA) is 70.6 Å². The fourth-order valence-electron chi connectivity index (χ4n) is 4.24. The van der Waals surface area contributed by atoms with Crippen molar-refractivity contribution in [3.8, 4) is 5.75 Å². The molecule has 0 saturated carbocycles. The second-order valence-electron chi connectivity index (χ2n) is 8.19. The molecule has 3 heterocycles. The highest BCUT2D eigenvalue weighted by Crippen LogP contribution is 2.36. The summed E-state index contributed by atoms with van der Waals surface area (Å²) in [5.41, 5.74) is 2.41. The summed E-state index contributed by atoms with van der Waals surface area (Å²) in [6.07, 6.45) is 1.55. The lowest BCUT2D eigenvalue weighted by atomic mass is 10.1. The number of carbonyl (C=O) groups excluding carboxylic acids is 1. The van der Waals surface area contributed by atoms with E-state index in [2.05, 4.69) is 37.2 Å². The number of amides is 1. The van der Waals surface area contributed by atoms with Crippen molar-refractivity contribution in [3.05, 3.63) is 70.1 Å². The number of aryl methyl sites for hydroxylation is 1. The molecule has 0 atom stereocenters. The van der Waals surface area contributed by atoms with Crippen molar-refractivity contribution < 1.29 is 13.9 Å². The maximum atomic E-state index is 13.5. The Morgan fingerprint density at radius 3 is 2.49 bits per heavy atom. The molecule has 0 spiro atoms. The van der Waals surface area contributed by atoms with E-state index in [-0.39, 0.29) is 10.9 Å². The Labute approximate surface area is 211 Å². The van der Waals surface area contributed by atoms with Gasteiger partial charge in [-0.15, -0.1) is 11.3 Å². The van der Waals surface area contributed by atoms with E-state index >= 15 is 0 Å². The molecule has 0 radical (unpaired) electrons. The number of hydrogen-bond acceptors (Lipinski definition) is 7. The van der Waals surface area contributed by atoms with Crippen LogP contribution in [0.2, 0.25) is 5.02 Å². The smallest absolute Gasteiger partial charge is 0.266 e. The molecule has 10 heteroatoms. The van der Waals surface area contributed by atoms with Gasteiger partial charge in [-0.3, -0.25) is 4.79 Å². The molecular weight excluding hydrogens is 489 g/mol. The first-order valence-electron chi connectivity index (χ1n) is 11.1. The van der Waals surface area contributed by atoms with Gasteiger partial charge in [-0.2, -0.15) is 0 Å². The van der Waals surface area contributed by atoms with Crippen molar-refractivity contribution in [2.45, 2.75) is 6.92 Å². The molecule has 2 aromatic heterocycles. The maximum Gasteiger partial charge on any atom is 0.266 e. The Morgan fingerprint density at radius 2 is 1.80 bits per heavy atom. The number of halogens is 2. The largest absolute Gasteiger partial charge is 0.497 e. The number of hydrogen-bond donors (Lipinski definition) is 1. The molecule has 4 aromatic rings. The molecule has 35 heavy (non-hydrogen) atoms. The number of ether oxygens (including phenoxy) is 1. The molecule has 0 bridgehead atoms. The summed E-state index contributed by atoms with van der Waals surface area (Å²) < 4.78 is 18.7. The molecule has 180 valence electrons. The van der Waals surface area contributed by atoms with E-state index in [0.717, 1.165) is 59.2 Å². The molecular formula is C25H23ClFN5O2S. The third-order valence-corrected chi connectivity index (χ3v) is 7.60. The van der Waals surface area contributed by atoms with E-state index in [9.17, 15) is 9.18 Å². The number of carbonyl (C=O) groups is 1. The third-order valence-electron chi connectivity index (χ3n) is 6.11. The van der Waals surface area contributed by atoms with E-state index in [4.69, 9.17) is 16.3 Å². The molecule has 2 aromatic carbocycles. The molecule has 1 fully saturated rings. The zero-order chi connectivity index (χ0) is 24.5. The lowest BCUT2D eigenvalue weighted by Crippen LogP contribution is -2.46. The first kappa shape index (κ1) is 23.3. The van der Waals surface area contributed by atoms with Crippen molar-refractivity contribution in [3.63, 3.8) is 0 Å². The standard InChI is InChI=1S/C25H23ClFN5O2S/c1-15-21-23(32-11-9-31(10-12-32)17-4-6-18(34-2)7-5-17)28-14-29-25(21)35-22(15)24(33)30-16-3-8-20(27)19(26)13-16/h3-8,13-14H,9-12H2,1-2H3,(H,30,33). The Hall–Kier alpha value is -3.43. The van der Waals surface area contributed by atoms with Crippen LogP contribution < -0.4 is 19.9 Å². The van der Waals surface area contributed by atoms with Crippen LogP contribution in [0.15, 0.2) is 48.8 Å². The number of nitrogens with zero attached hydrogens (tertiary/aromatic N) is 4. The number of piperazine rings is 1. The third kappa shape index (κ3) is 4.61. The Morgan fingerprint density at radius 1 is 1.09 bits per heavy atom. The van der Waals surface area contributed by atoms with Crippen LogP contribution >= 0.6 is 22.9 Å². The Kier molecular flexibility index (Phi) is 6.44. The van der Waals surface area contributed by atoms with Gasteiger partial charge in [0.15, 0.2) is 0 Å². The van der Waals surface area contributed by atoms with Gasteiger partial charge in [-0.1, -0.05) is 11.6 Å². The van der Waals surface area contributed by atoms with E-state index in [1.807, 2.05) is 19.1 Å². The molecule has 0 aliphatic carbocycles. The second kappa shape index (κ2) is 9.67. The van der Waals surface area contributed by atoms with Crippen molar-refractivity contribution in [1.29, 1.82) is 0 Å². The predicted molar refractivity (Wildman–Crippen MR) is 139 cm³/mol. The molecule has 1 aliphatic heterocycles. The average molecular weight is 512 g/mol. The first-order chi connectivity index (χ1) is 16.9. The molecule has 1 saturated heterocycles.